The van der Waals surface area contributed by atoms with Crippen LogP contribution in [0, 0.1) is 6.92 Å². The van der Waals surface area contributed by atoms with E-state index in [9.17, 15) is 4.79 Å². The van der Waals surface area contributed by atoms with Gasteiger partial charge in [-0.1, -0.05) is 6.07 Å². The number of nitrogens with one attached hydrogen (secondary N) is 1. The van der Waals surface area contributed by atoms with Crippen molar-refractivity contribution in [2.75, 3.05) is 11.9 Å². The third kappa shape index (κ3) is 3.32. The predicted octanol–water partition coefficient (Wildman–Crippen LogP) is 3.30. The van der Waals surface area contributed by atoms with Crippen LogP contribution in [0.3, 0.4) is 0 Å². The van der Waals surface area contributed by atoms with Crippen molar-refractivity contribution in [2.45, 2.75) is 20.4 Å². The third-order valence-corrected chi connectivity index (χ3v) is 2.81. The first kappa shape index (κ1) is 14.0. The van der Waals surface area contributed by atoms with Crippen LogP contribution in [0.15, 0.2) is 34.7 Å². The summed E-state index contributed by atoms with van der Waals surface area (Å²) in [6.45, 7) is 4.61. The van der Waals surface area contributed by atoms with Crippen LogP contribution >= 0.6 is 0 Å². The first-order valence-electron chi connectivity index (χ1n) is 6.39. The molecular formula is C15H17NO4. The number of benzene rings is 1. The Balaban J connectivity index is 2.03. The molecule has 20 heavy (non-hydrogen) atoms. The van der Waals surface area contributed by atoms with Crippen LogP contribution in [0.25, 0.3) is 0 Å². The Morgan fingerprint density at radius 2 is 2.20 bits per heavy atom. The first-order chi connectivity index (χ1) is 9.60. The second-order valence-electron chi connectivity index (χ2n) is 4.30. The summed E-state index contributed by atoms with van der Waals surface area (Å²) in [5, 5.41) is 12.1. The molecule has 0 bridgehead atoms. The lowest BCUT2D eigenvalue weighted by molar-refractivity contribution is 0.0695. The van der Waals surface area contributed by atoms with Gasteiger partial charge in [0.05, 0.1) is 13.2 Å². The summed E-state index contributed by atoms with van der Waals surface area (Å²) in [4.78, 5) is 10.9. The van der Waals surface area contributed by atoms with Gasteiger partial charge in [0, 0.05) is 11.8 Å². The molecule has 2 aromatic rings. The van der Waals surface area contributed by atoms with Crippen molar-refractivity contribution in [1.29, 1.82) is 0 Å². The van der Waals surface area contributed by atoms with Gasteiger partial charge < -0.3 is 19.6 Å². The number of carboxylic acids is 1. The molecule has 0 atom stereocenters. The molecule has 0 aliphatic carbocycles. The average Bonchev–Trinajstić information content (AvgIpc) is 2.79. The number of rotatable bonds is 6. The number of aromatic carboxylic acids is 1. The third-order valence-electron chi connectivity index (χ3n) is 2.81. The molecule has 0 aliphatic rings. The summed E-state index contributed by atoms with van der Waals surface area (Å²) < 4.78 is 10.8. The van der Waals surface area contributed by atoms with Gasteiger partial charge in [0.25, 0.3) is 0 Å². The van der Waals surface area contributed by atoms with Gasteiger partial charge in [0.15, 0.2) is 0 Å². The van der Waals surface area contributed by atoms with E-state index in [1.165, 1.54) is 6.07 Å². The molecule has 0 unspecified atom stereocenters. The van der Waals surface area contributed by atoms with Gasteiger partial charge >= 0.3 is 5.97 Å². The van der Waals surface area contributed by atoms with Crippen LogP contribution in [-0.2, 0) is 6.54 Å². The monoisotopic (exact) mass is 275 g/mol. The largest absolute Gasteiger partial charge is 0.494 e. The summed E-state index contributed by atoms with van der Waals surface area (Å²) in [6.07, 6.45) is 0. The van der Waals surface area contributed by atoms with Crippen molar-refractivity contribution in [3.63, 3.8) is 0 Å². The van der Waals surface area contributed by atoms with Crippen LogP contribution in [0.1, 0.15) is 28.8 Å². The predicted molar refractivity (Wildman–Crippen MR) is 75.3 cm³/mol. The zero-order valence-electron chi connectivity index (χ0n) is 11.5. The van der Waals surface area contributed by atoms with Gasteiger partial charge in [0.1, 0.15) is 22.8 Å². The Morgan fingerprint density at radius 3 is 2.85 bits per heavy atom. The zero-order chi connectivity index (χ0) is 14.5. The highest BCUT2D eigenvalue weighted by atomic mass is 16.5. The minimum absolute atomic E-state index is 0.199. The van der Waals surface area contributed by atoms with E-state index in [1.54, 1.807) is 6.92 Å². The van der Waals surface area contributed by atoms with E-state index in [4.69, 9.17) is 14.3 Å². The fourth-order valence-corrected chi connectivity index (χ4v) is 1.89. The van der Waals surface area contributed by atoms with Gasteiger partial charge in [-0.2, -0.15) is 0 Å². The van der Waals surface area contributed by atoms with Crippen molar-refractivity contribution in [3.05, 3.63) is 47.4 Å². The average molecular weight is 275 g/mol. The zero-order valence-corrected chi connectivity index (χ0v) is 11.5. The first-order valence-corrected chi connectivity index (χ1v) is 6.39. The summed E-state index contributed by atoms with van der Waals surface area (Å²) in [7, 11) is 0. The Kier molecular flexibility index (Phi) is 4.30. The molecule has 0 amide bonds. The molecule has 5 heteroatoms. The molecule has 106 valence electrons. The molecule has 5 nitrogen and oxygen atoms in total. The molecule has 1 heterocycles. The number of furan rings is 1. The number of ether oxygens (including phenoxy) is 1. The smallest absolute Gasteiger partial charge is 0.339 e. The summed E-state index contributed by atoms with van der Waals surface area (Å²) >= 11 is 0. The molecule has 0 saturated carbocycles. The SMILES string of the molecule is CCOc1cccc(NCc2cc(C(=O)O)c(C)o2)c1. The summed E-state index contributed by atoms with van der Waals surface area (Å²) in [6, 6.07) is 9.11. The van der Waals surface area contributed by atoms with E-state index in [0.29, 0.717) is 24.7 Å². The number of carboxylic acid groups (broad SMARTS) is 1. The van der Waals surface area contributed by atoms with Gasteiger partial charge in [0.2, 0.25) is 0 Å². The molecule has 2 N–H and O–H groups in total. The van der Waals surface area contributed by atoms with Crippen molar-refractivity contribution >= 4 is 11.7 Å². The summed E-state index contributed by atoms with van der Waals surface area (Å²) in [5.74, 6) is 0.814. The van der Waals surface area contributed by atoms with E-state index in [2.05, 4.69) is 5.32 Å². The van der Waals surface area contributed by atoms with E-state index in [1.807, 2.05) is 31.2 Å². The molecule has 0 saturated heterocycles. The van der Waals surface area contributed by atoms with Crippen molar-refractivity contribution < 1.29 is 19.1 Å². The summed E-state index contributed by atoms with van der Waals surface area (Å²) in [5.41, 5.74) is 1.09. The number of carbonyl (C=O) groups is 1. The minimum Gasteiger partial charge on any atom is -0.494 e. The highest BCUT2D eigenvalue weighted by Gasteiger charge is 2.13. The van der Waals surface area contributed by atoms with E-state index >= 15 is 0 Å². The molecule has 0 radical (unpaired) electrons. The maximum Gasteiger partial charge on any atom is 0.339 e. The van der Waals surface area contributed by atoms with E-state index in [0.717, 1.165) is 11.4 Å². The van der Waals surface area contributed by atoms with Crippen molar-refractivity contribution in [2.24, 2.45) is 0 Å². The number of hydrogen-bond donors (Lipinski definition) is 2. The van der Waals surface area contributed by atoms with Crippen LogP contribution in [-0.4, -0.2) is 17.7 Å². The molecule has 2 rings (SSSR count). The second-order valence-corrected chi connectivity index (χ2v) is 4.30. The maximum absolute atomic E-state index is 10.9. The second kappa shape index (κ2) is 6.14. The standard InChI is InChI=1S/C15H17NO4/c1-3-19-12-6-4-5-11(7-12)16-9-13-8-14(15(17)18)10(2)20-13/h4-8,16H,3,9H2,1-2H3,(H,17,18). The Labute approximate surface area is 117 Å². The normalized spacial score (nSPS) is 10.3. The minimum atomic E-state index is -0.976. The number of aryl methyl sites for hydroxylation is 1. The molecule has 0 aliphatic heterocycles. The highest BCUT2D eigenvalue weighted by molar-refractivity contribution is 5.88. The number of hydrogen-bond acceptors (Lipinski definition) is 4. The fourth-order valence-electron chi connectivity index (χ4n) is 1.89. The Morgan fingerprint density at radius 1 is 1.40 bits per heavy atom. The Bertz CT molecular complexity index is 604. The van der Waals surface area contributed by atoms with Gasteiger partial charge in [-0.05, 0) is 32.0 Å². The van der Waals surface area contributed by atoms with Crippen molar-refractivity contribution in [1.82, 2.24) is 0 Å². The van der Waals surface area contributed by atoms with Crippen LogP contribution in [0.4, 0.5) is 5.69 Å². The van der Waals surface area contributed by atoms with Crippen LogP contribution < -0.4 is 10.1 Å². The maximum atomic E-state index is 10.9. The molecule has 0 fully saturated rings. The lowest BCUT2D eigenvalue weighted by Gasteiger charge is -2.07. The van der Waals surface area contributed by atoms with Crippen LogP contribution in [0.5, 0.6) is 5.75 Å². The molecule has 1 aromatic carbocycles. The highest BCUT2D eigenvalue weighted by Crippen LogP contribution is 2.19. The molecular weight excluding hydrogens is 258 g/mol. The molecule has 1 aromatic heterocycles. The lowest BCUT2D eigenvalue weighted by atomic mass is 10.2. The topological polar surface area (TPSA) is 71.7 Å². The lowest BCUT2D eigenvalue weighted by Crippen LogP contribution is -1.99. The molecule has 0 spiro atoms. The van der Waals surface area contributed by atoms with Gasteiger partial charge in [-0.15, -0.1) is 0 Å². The van der Waals surface area contributed by atoms with Crippen LogP contribution in [0.2, 0.25) is 0 Å². The number of anilines is 1. The quantitative estimate of drug-likeness (QED) is 0.846. The van der Waals surface area contributed by atoms with Crippen molar-refractivity contribution in [3.8, 4) is 5.75 Å². The van der Waals surface area contributed by atoms with Gasteiger partial charge in [-0.3, -0.25) is 0 Å². The Hall–Kier alpha value is -2.43. The fraction of sp³-hybridized carbons (Fsp3) is 0.267. The van der Waals surface area contributed by atoms with E-state index in [-0.39, 0.29) is 5.56 Å². The van der Waals surface area contributed by atoms with Gasteiger partial charge in [-0.25, -0.2) is 4.79 Å². The van der Waals surface area contributed by atoms with E-state index < -0.39 is 5.97 Å².